The van der Waals surface area contributed by atoms with Crippen LogP contribution in [0.5, 0.6) is 0 Å². The molecule has 104 valence electrons. The molecule has 5 heteroatoms. The molecule has 2 aromatic heterocycles. The molecule has 5 nitrogen and oxygen atoms in total. The minimum Gasteiger partial charge on any atom is -0.323 e. The van der Waals surface area contributed by atoms with Gasteiger partial charge in [0.05, 0.1) is 41.1 Å². The van der Waals surface area contributed by atoms with Crippen LogP contribution >= 0.6 is 0 Å². The lowest BCUT2D eigenvalue weighted by atomic mass is 10.2. The van der Waals surface area contributed by atoms with Gasteiger partial charge in [-0.2, -0.15) is 5.26 Å². The SMILES string of the molecule is C[C@H](N)c1ccc(-n2c(CC#N)nc3ccccc32)cn1. The van der Waals surface area contributed by atoms with E-state index in [-0.39, 0.29) is 12.5 Å². The highest BCUT2D eigenvalue weighted by Gasteiger charge is 2.12. The first-order valence-corrected chi connectivity index (χ1v) is 6.76. The first-order chi connectivity index (χ1) is 10.2. The van der Waals surface area contributed by atoms with Crippen LogP contribution in [0.4, 0.5) is 0 Å². The Hall–Kier alpha value is -2.71. The lowest BCUT2D eigenvalue weighted by Crippen LogP contribution is -2.08. The monoisotopic (exact) mass is 277 g/mol. The molecule has 2 N–H and O–H groups in total. The number of fused-ring (bicyclic) bond motifs is 1. The molecular formula is C16H15N5. The molecule has 0 radical (unpaired) electrons. The molecule has 0 aliphatic carbocycles. The van der Waals surface area contributed by atoms with E-state index in [1.807, 2.05) is 47.9 Å². The Balaban J connectivity index is 2.18. The van der Waals surface area contributed by atoms with E-state index in [1.54, 1.807) is 6.20 Å². The van der Waals surface area contributed by atoms with Gasteiger partial charge >= 0.3 is 0 Å². The summed E-state index contributed by atoms with van der Waals surface area (Å²) in [5.41, 5.74) is 9.40. The molecule has 0 unspecified atom stereocenters. The van der Waals surface area contributed by atoms with Crippen molar-refractivity contribution >= 4 is 11.0 Å². The van der Waals surface area contributed by atoms with E-state index in [2.05, 4.69) is 16.0 Å². The molecule has 3 rings (SSSR count). The highest BCUT2D eigenvalue weighted by Crippen LogP contribution is 2.22. The second kappa shape index (κ2) is 5.35. The van der Waals surface area contributed by atoms with E-state index in [0.29, 0.717) is 5.82 Å². The zero-order chi connectivity index (χ0) is 14.8. The molecule has 1 aromatic carbocycles. The van der Waals surface area contributed by atoms with Crippen molar-refractivity contribution in [1.29, 1.82) is 5.26 Å². The van der Waals surface area contributed by atoms with Crippen LogP contribution in [-0.2, 0) is 6.42 Å². The zero-order valence-corrected chi connectivity index (χ0v) is 11.7. The van der Waals surface area contributed by atoms with Crippen LogP contribution in [-0.4, -0.2) is 14.5 Å². The van der Waals surface area contributed by atoms with Crippen LogP contribution in [0.3, 0.4) is 0 Å². The standard InChI is InChI=1S/C16H15N5/c1-11(18)13-7-6-12(10-19-13)21-15-5-3-2-4-14(15)20-16(21)8-9-17/h2-7,10-11H,8,18H2,1H3/t11-/m0/s1. The lowest BCUT2D eigenvalue weighted by molar-refractivity contribution is 0.778. The minimum atomic E-state index is -0.0999. The number of benzene rings is 1. The number of para-hydroxylation sites is 2. The van der Waals surface area contributed by atoms with E-state index >= 15 is 0 Å². The fraction of sp³-hybridized carbons (Fsp3) is 0.188. The van der Waals surface area contributed by atoms with Crippen molar-refractivity contribution in [3.63, 3.8) is 0 Å². The maximum atomic E-state index is 9.00. The predicted molar refractivity (Wildman–Crippen MR) is 80.8 cm³/mol. The molecule has 0 aliphatic rings. The molecule has 0 saturated heterocycles. The summed E-state index contributed by atoms with van der Waals surface area (Å²) in [5.74, 6) is 0.717. The van der Waals surface area contributed by atoms with Crippen LogP contribution in [0.2, 0.25) is 0 Å². The second-order valence-electron chi connectivity index (χ2n) is 4.92. The largest absolute Gasteiger partial charge is 0.323 e. The van der Waals surface area contributed by atoms with Crippen LogP contribution in [0, 0.1) is 11.3 Å². The third-order valence-electron chi connectivity index (χ3n) is 3.36. The van der Waals surface area contributed by atoms with E-state index < -0.39 is 0 Å². The number of nitrogens with zero attached hydrogens (tertiary/aromatic N) is 4. The third-order valence-corrected chi connectivity index (χ3v) is 3.36. The zero-order valence-electron chi connectivity index (χ0n) is 11.7. The van der Waals surface area contributed by atoms with Gasteiger partial charge in [-0.05, 0) is 31.2 Å². The van der Waals surface area contributed by atoms with Gasteiger partial charge < -0.3 is 5.73 Å². The molecule has 21 heavy (non-hydrogen) atoms. The van der Waals surface area contributed by atoms with E-state index in [0.717, 1.165) is 22.4 Å². The fourth-order valence-electron chi connectivity index (χ4n) is 2.35. The molecule has 0 spiro atoms. The summed E-state index contributed by atoms with van der Waals surface area (Å²) in [4.78, 5) is 8.91. The van der Waals surface area contributed by atoms with Crippen LogP contribution in [0.1, 0.15) is 24.5 Å². The number of rotatable bonds is 3. The van der Waals surface area contributed by atoms with Gasteiger partial charge in [0, 0.05) is 6.04 Å². The maximum Gasteiger partial charge on any atom is 0.128 e. The van der Waals surface area contributed by atoms with Gasteiger partial charge in [-0.25, -0.2) is 4.98 Å². The van der Waals surface area contributed by atoms with Crippen LogP contribution in [0.15, 0.2) is 42.6 Å². The van der Waals surface area contributed by atoms with Gasteiger partial charge in [0.15, 0.2) is 0 Å². The number of aromatic nitrogens is 3. The number of hydrogen-bond acceptors (Lipinski definition) is 4. The summed E-state index contributed by atoms with van der Waals surface area (Å²) >= 11 is 0. The molecule has 3 aromatic rings. The number of nitriles is 1. The first kappa shape index (κ1) is 13.3. The quantitative estimate of drug-likeness (QED) is 0.797. The van der Waals surface area contributed by atoms with E-state index in [4.69, 9.17) is 11.0 Å². The molecule has 0 fully saturated rings. The van der Waals surface area contributed by atoms with Crippen molar-refractivity contribution in [3.05, 3.63) is 54.1 Å². The molecule has 0 bridgehead atoms. The number of hydrogen-bond donors (Lipinski definition) is 1. The van der Waals surface area contributed by atoms with Crippen LogP contribution < -0.4 is 5.73 Å². The smallest absolute Gasteiger partial charge is 0.128 e. The normalized spacial score (nSPS) is 12.2. The minimum absolute atomic E-state index is 0.0999. The Morgan fingerprint density at radius 1 is 1.29 bits per heavy atom. The molecule has 0 aliphatic heterocycles. The van der Waals surface area contributed by atoms with Crippen molar-refractivity contribution in [3.8, 4) is 11.8 Å². The van der Waals surface area contributed by atoms with Gasteiger partial charge in [0.1, 0.15) is 5.82 Å². The van der Waals surface area contributed by atoms with Crippen molar-refractivity contribution < 1.29 is 0 Å². The van der Waals surface area contributed by atoms with Gasteiger partial charge in [-0.15, -0.1) is 0 Å². The molecule has 0 saturated carbocycles. The highest BCUT2D eigenvalue weighted by atomic mass is 15.1. The second-order valence-corrected chi connectivity index (χ2v) is 4.92. The van der Waals surface area contributed by atoms with E-state index in [1.165, 1.54) is 0 Å². The molecule has 1 atom stereocenters. The number of nitrogens with two attached hydrogens (primary N) is 1. The topological polar surface area (TPSA) is 80.5 Å². The summed E-state index contributed by atoms with van der Waals surface area (Å²) in [5, 5.41) is 9.00. The summed E-state index contributed by atoms with van der Waals surface area (Å²) in [6, 6.07) is 13.8. The third kappa shape index (κ3) is 2.37. The predicted octanol–water partition coefficient (Wildman–Crippen LogP) is 2.51. The Bertz CT molecular complexity index is 809. The van der Waals surface area contributed by atoms with E-state index in [9.17, 15) is 0 Å². The lowest BCUT2D eigenvalue weighted by Gasteiger charge is -2.09. The molecule has 2 heterocycles. The number of imidazole rings is 1. The van der Waals surface area contributed by atoms with Crippen molar-refractivity contribution in [1.82, 2.24) is 14.5 Å². The average molecular weight is 277 g/mol. The van der Waals surface area contributed by atoms with Gasteiger partial charge in [-0.3, -0.25) is 9.55 Å². The van der Waals surface area contributed by atoms with Crippen LogP contribution in [0.25, 0.3) is 16.7 Å². The summed E-state index contributed by atoms with van der Waals surface area (Å²) in [7, 11) is 0. The van der Waals surface area contributed by atoms with Gasteiger partial charge in [0.25, 0.3) is 0 Å². The Labute approximate surface area is 122 Å². The summed E-state index contributed by atoms with van der Waals surface area (Å²) in [6.07, 6.45) is 2.03. The Kier molecular flexibility index (Phi) is 3.38. The summed E-state index contributed by atoms with van der Waals surface area (Å²) in [6.45, 7) is 1.90. The molecule has 0 amide bonds. The van der Waals surface area contributed by atoms with Crippen molar-refractivity contribution in [2.24, 2.45) is 5.73 Å². The average Bonchev–Trinajstić information content (AvgIpc) is 2.85. The summed E-state index contributed by atoms with van der Waals surface area (Å²) < 4.78 is 1.97. The first-order valence-electron chi connectivity index (χ1n) is 6.76. The van der Waals surface area contributed by atoms with Crippen molar-refractivity contribution in [2.45, 2.75) is 19.4 Å². The maximum absolute atomic E-state index is 9.00. The Morgan fingerprint density at radius 3 is 2.76 bits per heavy atom. The highest BCUT2D eigenvalue weighted by molar-refractivity contribution is 5.78. The fourth-order valence-corrected chi connectivity index (χ4v) is 2.35. The molecular weight excluding hydrogens is 262 g/mol. The van der Waals surface area contributed by atoms with Gasteiger partial charge in [-0.1, -0.05) is 12.1 Å². The Morgan fingerprint density at radius 2 is 2.10 bits per heavy atom. The van der Waals surface area contributed by atoms with Gasteiger partial charge in [0.2, 0.25) is 0 Å². The number of pyridine rings is 1. The van der Waals surface area contributed by atoms with Crippen molar-refractivity contribution in [2.75, 3.05) is 0 Å².